The van der Waals surface area contributed by atoms with E-state index in [1.54, 1.807) is 20.8 Å². The van der Waals surface area contributed by atoms with Gasteiger partial charge in [0.2, 0.25) is 0 Å². The van der Waals surface area contributed by atoms with Crippen molar-refractivity contribution in [3.05, 3.63) is 0 Å². The number of carbonyl (C=O) groups is 2. The Labute approximate surface area is 83.6 Å². The normalized spacial score (nSPS) is 25.4. The molecule has 0 amide bonds. The summed E-state index contributed by atoms with van der Waals surface area (Å²) in [4.78, 5) is 22.4. The van der Waals surface area contributed by atoms with Crippen molar-refractivity contribution < 1.29 is 19.1 Å². The zero-order valence-corrected chi connectivity index (χ0v) is 8.99. The van der Waals surface area contributed by atoms with E-state index < -0.39 is 5.41 Å². The van der Waals surface area contributed by atoms with Crippen molar-refractivity contribution in [2.45, 2.75) is 33.3 Å². The fraction of sp³-hybridized carbons (Fsp3) is 0.800. The van der Waals surface area contributed by atoms with Gasteiger partial charge in [0.25, 0.3) is 0 Å². The van der Waals surface area contributed by atoms with Crippen LogP contribution in [0.4, 0.5) is 0 Å². The molecule has 1 aliphatic rings. The Bertz CT molecular complexity index is 251. The average molecular weight is 200 g/mol. The SMILES string of the molecule is COC(=O)C1CC1OC(=O)C(C)(C)C. The minimum atomic E-state index is -0.511. The molecule has 14 heavy (non-hydrogen) atoms. The summed E-state index contributed by atoms with van der Waals surface area (Å²) < 4.78 is 9.66. The number of rotatable bonds is 2. The van der Waals surface area contributed by atoms with Crippen molar-refractivity contribution in [3.8, 4) is 0 Å². The van der Waals surface area contributed by atoms with Crippen LogP contribution in [0, 0.1) is 11.3 Å². The Balaban J connectivity index is 2.37. The molecular weight excluding hydrogens is 184 g/mol. The van der Waals surface area contributed by atoms with Gasteiger partial charge < -0.3 is 9.47 Å². The van der Waals surface area contributed by atoms with Gasteiger partial charge in [0.05, 0.1) is 18.4 Å². The quantitative estimate of drug-likeness (QED) is 0.627. The van der Waals surface area contributed by atoms with Crippen LogP contribution < -0.4 is 0 Å². The number of hydrogen-bond donors (Lipinski definition) is 0. The van der Waals surface area contributed by atoms with Crippen molar-refractivity contribution in [2.24, 2.45) is 11.3 Å². The zero-order valence-electron chi connectivity index (χ0n) is 8.99. The van der Waals surface area contributed by atoms with E-state index in [9.17, 15) is 9.59 Å². The molecule has 0 saturated heterocycles. The monoisotopic (exact) mass is 200 g/mol. The maximum absolute atomic E-state index is 11.4. The van der Waals surface area contributed by atoms with E-state index in [-0.39, 0.29) is 24.0 Å². The maximum atomic E-state index is 11.4. The number of carbonyl (C=O) groups excluding carboxylic acids is 2. The highest BCUT2D eigenvalue weighted by Crippen LogP contribution is 2.36. The fourth-order valence-electron chi connectivity index (χ4n) is 1.02. The highest BCUT2D eigenvalue weighted by Gasteiger charge is 2.48. The lowest BCUT2D eigenvalue weighted by molar-refractivity contribution is -0.156. The smallest absolute Gasteiger partial charge is 0.312 e. The number of esters is 2. The van der Waals surface area contributed by atoms with Gasteiger partial charge in [-0.15, -0.1) is 0 Å². The van der Waals surface area contributed by atoms with Gasteiger partial charge in [-0.1, -0.05) is 0 Å². The Kier molecular flexibility index (Phi) is 2.83. The van der Waals surface area contributed by atoms with E-state index in [2.05, 4.69) is 4.74 Å². The predicted molar refractivity (Wildman–Crippen MR) is 49.5 cm³/mol. The Morgan fingerprint density at radius 2 is 1.86 bits per heavy atom. The van der Waals surface area contributed by atoms with Crippen molar-refractivity contribution in [1.29, 1.82) is 0 Å². The summed E-state index contributed by atoms with van der Waals surface area (Å²) >= 11 is 0. The molecule has 1 rings (SSSR count). The number of hydrogen-bond acceptors (Lipinski definition) is 4. The molecule has 4 heteroatoms. The standard InChI is InChI=1S/C10H16O4/c1-10(2,3)9(12)14-7-5-6(7)8(11)13-4/h6-7H,5H2,1-4H3. The Hall–Kier alpha value is -1.06. The first-order valence-corrected chi connectivity index (χ1v) is 4.65. The van der Waals surface area contributed by atoms with Gasteiger partial charge in [0.15, 0.2) is 0 Å². The van der Waals surface area contributed by atoms with Crippen LogP contribution in [-0.4, -0.2) is 25.2 Å². The molecule has 0 aromatic rings. The van der Waals surface area contributed by atoms with Crippen molar-refractivity contribution in [3.63, 3.8) is 0 Å². The lowest BCUT2D eigenvalue weighted by Crippen LogP contribution is -2.25. The zero-order chi connectivity index (χ0) is 10.9. The second-order valence-corrected chi connectivity index (χ2v) is 4.56. The average Bonchev–Trinajstić information content (AvgIpc) is 2.81. The van der Waals surface area contributed by atoms with Crippen LogP contribution in [-0.2, 0) is 19.1 Å². The molecule has 2 unspecified atom stereocenters. The van der Waals surface area contributed by atoms with Crippen LogP contribution in [0.1, 0.15) is 27.2 Å². The maximum Gasteiger partial charge on any atom is 0.312 e. The second-order valence-electron chi connectivity index (χ2n) is 4.56. The highest BCUT2D eigenvalue weighted by molar-refractivity contribution is 5.79. The van der Waals surface area contributed by atoms with E-state index in [0.717, 1.165) is 0 Å². The largest absolute Gasteiger partial charge is 0.469 e. The van der Waals surface area contributed by atoms with E-state index in [4.69, 9.17) is 4.74 Å². The first-order chi connectivity index (χ1) is 6.36. The summed E-state index contributed by atoms with van der Waals surface area (Å²) in [5.41, 5.74) is -0.511. The van der Waals surface area contributed by atoms with Gasteiger partial charge in [-0.25, -0.2) is 0 Å². The third-order valence-electron chi connectivity index (χ3n) is 2.11. The third kappa shape index (κ3) is 2.47. The number of ether oxygens (including phenoxy) is 2. The van der Waals surface area contributed by atoms with Crippen LogP contribution in [0.15, 0.2) is 0 Å². The van der Waals surface area contributed by atoms with Gasteiger partial charge in [-0.3, -0.25) is 9.59 Å². The lowest BCUT2D eigenvalue weighted by Gasteiger charge is -2.16. The van der Waals surface area contributed by atoms with Crippen molar-refractivity contribution >= 4 is 11.9 Å². The molecule has 0 bridgehead atoms. The van der Waals surface area contributed by atoms with E-state index in [0.29, 0.717) is 6.42 Å². The van der Waals surface area contributed by atoms with Crippen LogP contribution in [0.25, 0.3) is 0 Å². The minimum Gasteiger partial charge on any atom is -0.469 e. The topological polar surface area (TPSA) is 52.6 Å². The van der Waals surface area contributed by atoms with Gasteiger partial charge in [0.1, 0.15) is 6.10 Å². The molecule has 0 aromatic heterocycles. The van der Waals surface area contributed by atoms with Gasteiger partial charge in [-0.05, 0) is 20.8 Å². The highest BCUT2D eigenvalue weighted by atomic mass is 16.6. The van der Waals surface area contributed by atoms with Gasteiger partial charge >= 0.3 is 11.9 Å². The van der Waals surface area contributed by atoms with E-state index >= 15 is 0 Å². The summed E-state index contributed by atoms with van der Waals surface area (Å²) in [5.74, 6) is -0.808. The molecule has 1 aliphatic carbocycles. The predicted octanol–water partition coefficient (Wildman–Crippen LogP) is 1.14. The first-order valence-electron chi connectivity index (χ1n) is 4.65. The van der Waals surface area contributed by atoms with Crippen LogP contribution in [0.3, 0.4) is 0 Å². The summed E-state index contributed by atoms with van der Waals surface area (Å²) in [7, 11) is 1.34. The minimum absolute atomic E-state index is 0.244. The molecule has 1 fully saturated rings. The first kappa shape index (κ1) is 11.0. The molecule has 80 valence electrons. The van der Waals surface area contributed by atoms with Gasteiger partial charge in [-0.2, -0.15) is 0 Å². The molecular formula is C10H16O4. The molecule has 0 heterocycles. The van der Waals surface area contributed by atoms with E-state index in [1.165, 1.54) is 7.11 Å². The summed E-state index contributed by atoms with van der Waals surface area (Å²) in [6.07, 6.45) is 0.322. The van der Waals surface area contributed by atoms with Crippen LogP contribution in [0.5, 0.6) is 0 Å². The molecule has 0 spiro atoms. The Morgan fingerprint density at radius 3 is 2.29 bits per heavy atom. The molecule has 0 N–H and O–H groups in total. The molecule has 2 atom stereocenters. The fourth-order valence-corrected chi connectivity index (χ4v) is 1.02. The second kappa shape index (κ2) is 3.59. The third-order valence-corrected chi connectivity index (χ3v) is 2.11. The van der Waals surface area contributed by atoms with E-state index in [1.807, 2.05) is 0 Å². The lowest BCUT2D eigenvalue weighted by atomic mass is 9.97. The van der Waals surface area contributed by atoms with Crippen molar-refractivity contribution in [2.75, 3.05) is 7.11 Å². The molecule has 0 aliphatic heterocycles. The molecule has 0 aromatic carbocycles. The molecule has 4 nitrogen and oxygen atoms in total. The summed E-state index contributed by atoms with van der Waals surface area (Å²) in [5, 5.41) is 0. The number of methoxy groups -OCH3 is 1. The van der Waals surface area contributed by atoms with Crippen LogP contribution in [0.2, 0.25) is 0 Å². The summed E-state index contributed by atoms with van der Waals surface area (Å²) in [6.45, 7) is 5.35. The molecule has 0 radical (unpaired) electrons. The van der Waals surface area contributed by atoms with Crippen LogP contribution >= 0.6 is 0 Å². The van der Waals surface area contributed by atoms with Crippen molar-refractivity contribution in [1.82, 2.24) is 0 Å². The van der Waals surface area contributed by atoms with Gasteiger partial charge in [0, 0.05) is 6.42 Å². The Morgan fingerprint density at radius 1 is 1.29 bits per heavy atom. The molecule has 1 saturated carbocycles. The summed E-state index contributed by atoms with van der Waals surface area (Å²) in [6, 6.07) is 0.